The molecule has 1 aliphatic rings. The third-order valence-electron chi connectivity index (χ3n) is 5.63. The highest BCUT2D eigenvalue weighted by Crippen LogP contribution is 2.44. The van der Waals surface area contributed by atoms with E-state index in [4.69, 9.17) is 14.2 Å². The van der Waals surface area contributed by atoms with Crippen LogP contribution in [0, 0.1) is 5.82 Å². The van der Waals surface area contributed by atoms with Crippen molar-refractivity contribution >= 4 is 23.1 Å². The lowest BCUT2D eigenvalue weighted by atomic mass is 9.94. The number of carbonyl (C=O) groups excluding carboxylic acids is 2. The number of benzene rings is 3. The number of nitrogens with zero attached hydrogens (tertiary/aromatic N) is 1. The molecule has 8 heteroatoms. The van der Waals surface area contributed by atoms with Crippen molar-refractivity contribution in [2.45, 2.75) is 6.04 Å². The average Bonchev–Trinajstić information content (AvgIpc) is 3.13. The summed E-state index contributed by atoms with van der Waals surface area (Å²) < 4.78 is 29.5. The Labute approximate surface area is 195 Å². The molecule has 1 aliphatic heterocycles. The van der Waals surface area contributed by atoms with E-state index in [-0.39, 0.29) is 16.9 Å². The molecule has 174 valence electrons. The van der Waals surface area contributed by atoms with Gasteiger partial charge in [0.15, 0.2) is 0 Å². The molecule has 0 aromatic heterocycles. The smallest absolute Gasteiger partial charge is 0.300 e. The molecule has 0 spiro atoms. The van der Waals surface area contributed by atoms with Crippen LogP contribution in [0.5, 0.6) is 17.2 Å². The molecule has 1 saturated heterocycles. The number of methoxy groups -OCH3 is 3. The summed E-state index contributed by atoms with van der Waals surface area (Å²) >= 11 is 0. The Bertz CT molecular complexity index is 1280. The van der Waals surface area contributed by atoms with Crippen molar-refractivity contribution in [1.29, 1.82) is 0 Å². The van der Waals surface area contributed by atoms with Gasteiger partial charge in [-0.25, -0.2) is 4.39 Å². The molecule has 1 unspecified atom stereocenters. The van der Waals surface area contributed by atoms with Gasteiger partial charge in [0.25, 0.3) is 11.7 Å². The first-order chi connectivity index (χ1) is 16.4. The monoisotopic (exact) mass is 463 g/mol. The van der Waals surface area contributed by atoms with Crippen LogP contribution >= 0.6 is 0 Å². The lowest BCUT2D eigenvalue weighted by Crippen LogP contribution is -2.29. The predicted octanol–water partition coefficient (Wildman–Crippen LogP) is 4.48. The van der Waals surface area contributed by atoms with Crippen LogP contribution in [0.25, 0.3) is 5.76 Å². The van der Waals surface area contributed by atoms with Gasteiger partial charge in [0.05, 0.1) is 38.5 Å². The molecule has 1 fully saturated rings. The molecule has 1 atom stereocenters. The summed E-state index contributed by atoms with van der Waals surface area (Å²) in [5.74, 6) is -1.39. The molecule has 3 aromatic rings. The fraction of sp³-hybridized carbons (Fsp3) is 0.154. The number of Topliss-reactive ketones (excluding diaryl/α,β-unsaturated/α-hetero) is 1. The summed E-state index contributed by atoms with van der Waals surface area (Å²) in [4.78, 5) is 27.7. The van der Waals surface area contributed by atoms with Gasteiger partial charge in [-0.2, -0.15) is 0 Å². The Balaban J connectivity index is 1.96. The van der Waals surface area contributed by atoms with E-state index in [1.54, 1.807) is 36.4 Å². The summed E-state index contributed by atoms with van der Waals surface area (Å²) in [5, 5.41) is 11.3. The molecule has 7 nitrogen and oxygen atoms in total. The van der Waals surface area contributed by atoms with Gasteiger partial charge in [0.1, 0.15) is 28.8 Å². The van der Waals surface area contributed by atoms with Crippen molar-refractivity contribution in [3.05, 3.63) is 89.2 Å². The summed E-state index contributed by atoms with van der Waals surface area (Å²) in [7, 11) is 4.39. The minimum Gasteiger partial charge on any atom is -0.507 e. The molecule has 1 N–H and O–H groups in total. The molecule has 0 radical (unpaired) electrons. The van der Waals surface area contributed by atoms with Gasteiger partial charge in [0, 0.05) is 17.8 Å². The van der Waals surface area contributed by atoms with Crippen LogP contribution in [-0.2, 0) is 9.59 Å². The fourth-order valence-corrected chi connectivity index (χ4v) is 3.96. The zero-order valence-electron chi connectivity index (χ0n) is 18.7. The molecule has 3 aromatic carbocycles. The Morgan fingerprint density at radius 3 is 2.21 bits per heavy atom. The van der Waals surface area contributed by atoms with Crippen LogP contribution in [-0.4, -0.2) is 38.1 Å². The van der Waals surface area contributed by atoms with Crippen molar-refractivity contribution in [2.75, 3.05) is 26.2 Å². The molecule has 1 amide bonds. The summed E-state index contributed by atoms with van der Waals surface area (Å²) in [6.45, 7) is 0. The lowest BCUT2D eigenvalue weighted by Gasteiger charge is -2.26. The number of hydrogen-bond donors (Lipinski definition) is 1. The highest BCUT2D eigenvalue weighted by Gasteiger charge is 2.47. The number of halogens is 1. The molecule has 0 aliphatic carbocycles. The first-order valence-corrected chi connectivity index (χ1v) is 10.3. The molecule has 34 heavy (non-hydrogen) atoms. The number of aliphatic hydroxyl groups is 1. The van der Waals surface area contributed by atoms with E-state index in [0.717, 1.165) is 0 Å². The van der Waals surface area contributed by atoms with Gasteiger partial charge < -0.3 is 19.3 Å². The summed E-state index contributed by atoms with van der Waals surface area (Å²) in [6.07, 6.45) is 0. The first-order valence-electron chi connectivity index (χ1n) is 10.3. The zero-order chi connectivity index (χ0) is 24.4. The summed E-state index contributed by atoms with van der Waals surface area (Å²) in [6, 6.07) is 15.7. The van der Waals surface area contributed by atoms with Crippen LogP contribution in [0.1, 0.15) is 17.2 Å². The molecule has 1 heterocycles. The van der Waals surface area contributed by atoms with Gasteiger partial charge in [-0.3, -0.25) is 14.5 Å². The standard InChI is InChI=1S/C26H22FNO6/c1-32-18-6-4-5-17(13-18)28-23(15-7-9-16(27)10-8-15)22(25(30)26(28)31)24(29)20-12-11-19(33-2)14-21(20)34-3/h4-14,23,29H,1-3H3/b24-22-. The minimum absolute atomic E-state index is 0.150. The van der Waals surface area contributed by atoms with Gasteiger partial charge >= 0.3 is 0 Å². The van der Waals surface area contributed by atoms with Gasteiger partial charge in [-0.15, -0.1) is 0 Å². The Morgan fingerprint density at radius 1 is 0.882 bits per heavy atom. The van der Waals surface area contributed by atoms with E-state index < -0.39 is 29.3 Å². The molecule has 4 rings (SSSR count). The number of hydrogen-bond acceptors (Lipinski definition) is 6. The highest BCUT2D eigenvalue weighted by atomic mass is 19.1. The van der Waals surface area contributed by atoms with Crippen molar-refractivity contribution in [3.63, 3.8) is 0 Å². The number of anilines is 1. The molecule has 0 saturated carbocycles. The third-order valence-corrected chi connectivity index (χ3v) is 5.63. The Kier molecular flexibility index (Phi) is 6.23. The zero-order valence-corrected chi connectivity index (χ0v) is 18.7. The lowest BCUT2D eigenvalue weighted by molar-refractivity contribution is -0.132. The van der Waals surface area contributed by atoms with Crippen molar-refractivity contribution < 1.29 is 33.3 Å². The third kappa shape index (κ3) is 3.94. The van der Waals surface area contributed by atoms with Crippen LogP contribution in [0.3, 0.4) is 0 Å². The Hall–Kier alpha value is -4.33. The second kappa shape index (κ2) is 9.27. The van der Waals surface area contributed by atoms with E-state index in [2.05, 4.69) is 0 Å². The summed E-state index contributed by atoms with van der Waals surface area (Å²) in [5.41, 5.74) is 0.885. The second-order valence-corrected chi connectivity index (χ2v) is 7.49. The van der Waals surface area contributed by atoms with Gasteiger partial charge in [-0.05, 0) is 42.0 Å². The molecule has 0 bridgehead atoms. The topological polar surface area (TPSA) is 85.3 Å². The van der Waals surface area contributed by atoms with Crippen molar-refractivity contribution in [3.8, 4) is 17.2 Å². The van der Waals surface area contributed by atoms with Gasteiger partial charge in [0.2, 0.25) is 0 Å². The van der Waals surface area contributed by atoms with E-state index >= 15 is 0 Å². The predicted molar refractivity (Wildman–Crippen MR) is 124 cm³/mol. The largest absolute Gasteiger partial charge is 0.507 e. The number of rotatable bonds is 6. The maximum atomic E-state index is 13.7. The molecular weight excluding hydrogens is 441 g/mol. The number of ether oxygens (including phenoxy) is 3. The van der Waals surface area contributed by atoms with E-state index in [1.165, 1.54) is 56.6 Å². The van der Waals surface area contributed by atoms with Crippen molar-refractivity contribution in [2.24, 2.45) is 0 Å². The average molecular weight is 463 g/mol. The molecular formula is C26H22FNO6. The van der Waals surface area contributed by atoms with E-state index in [9.17, 15) is 19.1 Å². The Morgan fingerprint density at radius 2 is 1.56 bits per heavy atom. The number of amides is 1. The minimum atomic E-state index is -1.01. The van der Waals surface area contributed by atoms with Gasteiger partial charge in [-0.1, -0.05) is 18.2 Å². The SMILES string of the molecule is COc1cccc(N2C(=O)C(=O)/C(=C(\O)c3ccc(OC)cc3OC)C2c2ccc(F)cc2)c1. The van der Waals surface area contributed by atoms with E-state index in [1.807, 2.05) is 0 Å². The maximum absolute atomic E-state index is 13.7. The highest BCUT2D eigenvalue weighted by molar-refractivity contribution is 6.51. The van der Waals surface area contributed by atoms with Crippen LogP contribution in [0.4, 0.5) is 10.1 Å². The van der Waals surface area contributed by atoms with Crippen LogP contribution in [0.2, 0.25) is 0 Å². The van der Waals surface area contributed by atoms with E-state index in [0.29, 0.717) is 22.7 Å². The maximum Gasteiger partial charge on any atom is 0.300 e. The first kappa shape index (κ1) is 22.8. The van der Waals surface area contributed by atoms with Crippen LogP contribution < -0.4 is 19.1 Å². The number of ketones is 1. The number of aliphatic hydroxyl groups excluding tert-OH is 1. The second-order valence-electron chi connectivity index (χ2n) is 7.49. The normalized spacial score (nSPS) is 17.1. The van der Waals surface area contributed by atoms with Crippen LogP contribution in [0.15, 0.2) is 72.3 Å². The van der Waals surface area contributed by atoms with Crippen molar-refractivity contribution in [1.82, 2.24) is 0 Å². The number of carbonyl (C=O) groups is 2. The fourth-order valence-electron chi connectivity index (χ4n) is 3.96. The quantitative estimate of drug-likeness (QED) is 0.330.